The highest BCUT2D eigenvalue weighted by Crippen LogP contribution is 2.16. The second kappa shape index (κ2) is 7.09. The number of ether oxygens (including phenoxy) is 1. The maximum atomic E-state index is 12.2. The smallest absolute Gasteiger partial charge is 0.251 e. The van der Waals surface area contributed by atoms with Crippen LogP contribution in [0.5, 0.6) is 0 Å². The van der Waals surface area contributed by atoms with E-state index >= 15 is 0 Å². The molecule has 2 atom stereocenters. The van der Waals surface area contributed by atoms with E-state index in [1.165, 1.54) is 0 Å². The first-order valence-corrected chi connectivity index (χ1v) is 6.79. The molecule has 2 rings (SSSR count). The molecule has 0 aromatic heterocycles. The van der Waals surface area contributed by atoms with Gasteiger partial charge in [-0.2, -0.15) is 0 Å². The van der Waals surface area contributed by atoms with Crippen LogP contribution in [0, 0.1) is 17.8 Å². The Morgan fingerprint density at radius 2 is 2.45 bits per heavy atom. The zero-order valence-electron chi connectivity index (χ0n) is 11.6. The van der Waals surface area contributed by atoms with Crippen molar-refractivity contribution in [2.45, 2.75) is 19.4 Å². The Bertz CT molecular complexity index is 524. The van der Waals surface area contributed by atoms with Crippen LogP contribution in [0.25, 0.3) is 0 Å². The fourth-order valence-corrected chi connectivity index (χ4v) is 2.23. The minimum atomic E-state index is -0.185. The highest BCUT2D eigenvalue weighted by molar-refractivity contribution is 5.94. The van der Waals surface area contributed by atoms with Gasteiger partial charge in [0.05, 0.1) is 6.61 Å². The molecule has 106 valence electrons. The van der Waals surface area contributed by atoms with Gasteiger partial charge in [-0.25, -0.2) is 0 Å². The van der Waals surface area contributed by atoms with E-state index in [9.17, 15) is 4.79 Å². The Morgan fingerprint density at radius 1 is 1.60 bits per heavy atom. The predicted octanol–water partition coefficient (Wildman–Crippen LogP) is 1.19. The van der Waals surface area contributed by atoms with Crippen LogP contribution < -0.4 is 5.32 Å². The number of carbonyl (C=O) groups is 1. The van der Waals surface area contributed by atoms with Gasteiger partial charge in [-0.15, -0.1) is 0 Å². The molecule has 20 heavy (non-hydrogen) atoms. The van der Waals surface area contributed by atoms with Crippen LogP contribution in [-0.4, -0.2) is 36.9 Å². The molecule has 2 N–H and O–H groups in total. The number of rotatable bonds is 3. The van der Waals surface area contributed by atoms with Crippen LogP contribution in [0.1, 0.15) is 29.3 Å². The zero-order chi connectivity index (χ0) is 14.4. The number of aliphatic hydroxyl groups excluding tert-OH is 1. The Labute approximate surface area is 119 Å². The van der Waals surface area contributed by atoms with Gasteiger partial charge < -0.3 is 15.2 Å². The number of benzene rings is 1. The highest BCUT2D eigenvalue weighted by atomic mass is 16.5. The van der Waals surface area contributed by atoms with Crippen LogP contribution in [0.3, 0.4) is 0 Å². The SMILES string of the molecule is CC(NC(=O)c1cccc(C#CCO)c1)C1CCOC1. The Kier molecular flexibility index (Phi) is 5.16. The molecule has 4 heteroatoms. The summed E-state index contributed by atoms with van der Waals surface area (Å²) in [6.07, 6.45) is 0.990. The summed E-state index contributed by atoms with van der Waals surface area (Å²) in [5.41, 5.74) is 1.31. The maximum Gasteiger partial charge on any atom is 0.251 e. The van der Waals surface area contributed by atoms with Crippen molar-refractivity contribution in [3.05, 3.63) is 35.4 Å². The lowest BCUT2D eigenvalue weighted by Gasteiger charge is -2.19. The van der Waals surface area contributed by atoms with Gasteiger partial charge in [0.15, 0.2) is 0 Å². The summed E-state index contributed by atoms with van der Waals surface area (Å²) in [7, 11) is 0. The first-order chi connectivity index (χ1) is 9.70. The average molecular weight is 273 g/mol. The van der Waals surface area contributed by atoms with Crippen molar-refractivity contribution in [2.24, 2.45) is 5.92 Å². The summed E-state index contributed by atoms with van der Waals surface area (Å²) in [5.74, 6) is 5.66. The number of hydrogen-bond acceptors (Lipinski definition) is 3. The largest absolute Gasteiger partial charge is 0.384 e. The Morgan fingerprint density at radius 3 is 3.15 bits per heavy atom. The number of aliphatic hydroxyl groups is 1. The van der Waals surface area contributed by atoms with Crippen LogP contribution in [-0.2, 0) is 4.74 Å². The third-order valence-corrected chi connectivity index (χ3v) is 3.47. The van der Waals surface area contributed by atoms with Crippen LogP contribution >= 0.6 is 0 Å². The molecule has 1 aliphatic heterocycles. The fourth-order valence-electron chi connectivity index (χ4n) is 2.23. The van der Waals surface area contributed by atoms with E-state index in [1.807, 2.05) is 13.0 Å². The lowest BCUT2D eigenvalue weighted by molar-refractivity contribution is 0.0922. The van der Waals surface area contributed by atoms with Gasteiger partial charge in [0, 0.05) is 29.7 Å². The molecule has 1 aromatic carbocycles. The molecule has 1 saturated heterocycles. The van der Waals surface area contributed by atoms with Gasteiger partial charge in [-0.05, 0) is 31.5 Å². The molecule has 1 amide bonds. The first kappa shape index (κ1) is 14.6. The summed E-state index contributed by atoms with van der Waals surface area (Å²) < 4.78 is 5.34. The van der Waals surface area contributed by atoms with Crippen molar-refractivity contribution in [2.75, 3.05) is 19.8 Å². The fraction of sp³-hybridized carbons (Fsp3) is 0.438. The molecule has 1 aromatic rings. The van der Waals surface area contributed by atoms with Crippen molar-refractivity contribution in [3.63, 3.8) is 0 Å². The second-order valence-electron chi connectivity index (χ2n) is 4.93. The van der Waals surface area contributed by atoms with E-state index in [1.54, 1.807) is 18.2 Å². The molecule has 0 saturated carbocycles. The van der Waals surface area contributed by atoms with Crippen LogP contribution in [0.15, 0.2) is 24.3 Å². The van der Waals surface area contributed by atoms with Gasteiger partial charge >= 0.3 is 0 Å². The molecule has 1 heterocycles. The van der Waals surface area contributed by atoms with Gasteiger partial charge in [0.2, 0.25) is 0 Å². The third kappa shape index (κ3) is 3.83. The second-order valence-corrected chi connectivity index (χ2v) is 4.93. The standard InChI is InChI=1S/C16H19NO3/c1-12(15-7-9-20-11-15)17-16(19)14-6-2-4-13(10-14)5-3-8-18/h2,4,6,10,12,15,18H,7-9,11H2,1H3,(H,17,19). The van der Waals surface area contributed by atoms with Gasteiger partial charge in [0.25, 0.3) is 5.91 Å². The number of carbonyl (C=O) groups excluding carboxylic acids is 1. The van der Waals surface area contributed by atoms with Gasteiger partial charge in [-0.3, -0.25) is 4.79 Å². The molecule has 1 aliphatic rings. The molecule has 1 fully saturated rings. The number of hydrogen-bond donors (Lipinski definition) is 2. The summed E-state index contributed by atoms with van der Waals surface area (Å²) in [4.78, 5) is 12.2. The summed E-state index contributed by atoms with van der Waals surface area (Å²) in [5, 5.41) is 11.7. The molecule has 0 aliphatic carbocycles. The maximum absolute atomic E-state index is 12.2. The van der Waals surface area contributed by atoms with E-state index in [2.05, 4.69) is 17.2 Å². The molecular weight excluding hydrogens is 254 g/mol. The van der Waals surface area contributed by atoms with Gasteiger partial charge in [-0.1, -0.05) is 17.9 Å². The monoisotopic (exact) mass is 273 g/mol. The van der Waals surface area contributed by atoms with Crippen LogP contribution in [0.2, 0.25) is 0 Å². The van der Waals surface area contributed by atoms with Gasteiger partial charge in [0.1, 0.15) is 6.61 Å². The summed E-state index contributed by atoms with van der Waals surface area (Å²) in [6.45, 7) is 3.31. The van der Waals surface area contributed by atoms with Crippen molar-refractivity contribution in [3.8, 4) is 11.8 Å². The first-order valence-electron chi connectivity index (χ1n) is 6.79. The normalized spacial score (nSPS) is 19.0. The average Bonchev–Trinajstić information content (AvgIpc) is 2.99. The number of nitrogens with one attached hydrogen (secondary N) is 1. The van der Waals surface area contributed by atoms with E-state index in [4.69, 9.17) is 9.84 Å². The molecule has 0 bridgehead atoms. The number of amides is 1. The Hall–Kier alpha value is -1.83. The minimum Gasteiger partial charge on any atom is -0.384 e. The van der Waals surface area contributed by atoms with Crippen molar-refractivity contribution in [1.29, 1.82) is 0 Å². The van der Waals surface area contributed by atoms with E-state index in [0.29, 0.717) is 18.1 Å². The lowest BCUT2D eigenvalue weighted by Crippen LogP contribution is -2.38. The van der Waals surface area contributed by atoms with E-state index in [0.717, 1.165) is 18.6 Å². The van der Waals surface area contributed by atoms with Crippen molar-refractivity contribution in [1.82, 2.24) is 5.32 Å². The third-order valence-electron chi connectivity index (χ3n) is 3.47. The van der Waals surface area contributed by atoms with E-state index < -0.39 is 0 Å². The highest BCUT2D eigenvalue weighted by Gasteiger charge is 2.23. The topological polar surface area (TPSA) is 58.6 Å². The molecular formula is C16H19NO3. The lowest BCUT2D eigenvalue weighted by atomic mass is 10.00. The van der Waals surface area contributed by atoms with Crippen LogP contribution in [0.4, 0.5) is 0 Å². The zero-order valence-corrected chi connectivity index (χ0v) is 11.6. The molecule has 4 nitrogen and oxygen atoms in total. The summed E-state index contributed by atoms with van der Waals surface area (Å²) >= 11 is 0. The molecule has 2 unspecified atom stereocenters. The quantitative estimate of drug-likeness (QED) is 0.813. The molecule has 0 spiro atoms. The van der Waals surface area contributed by atoms with Crippen molar-refractivity contribution >= 4 is 5.91 Å². The predicted molar refractivity (Wildman–Crippen MR) is 76.3 cm³/mol. The van der Waals surface area contributed by atoms with Crippen molar-refractivity contribution < 1.29 is 14.6 Å². The molecule has 0 radical (unpaired) electrons. The Balaban J connectivity index is 2.01. The van der Waals surface area contributed by atoms with E-state index in [-0.39, 0.29) is 18.6 Å². The minimum absolute atomic E-state index is 0.0946. The summed E-state index contributed by atoms with van der Waals surface area (Å²) in [6, 6.07) is 7.19.